The molecule has 6 heteroatoms. The van der Waals surface area contributed by atoms with Crippen molar-refractivity contribution in [3.8, 4) is 11.5 Å². The fourth-order valence-corrected chi connectivity index (χ4v) is 2.24. The summed E-state index contributed by atoms with van der Waals surface area (Å²) in [4.78, 5) is 0. The molecule has 0 bridgehead atoms. The zero-order chi connectivity index (χ0) is 14.7. The highest BCUT2D eigenvalue weighted by Gasteiger charge is 2.14. The van der Waals surface area contributed by atoms with E-state index < -0.39 is 0 Å². The number of methoxy groups -OCH3 is 1. The Morgan fingerprint density at radius 3 is 2.70 bits per heavy atom. The number of para-hydroxylation sites is 1. The van der Waals surface area contributed by atoms with E-state index in [4.69, 9.17) is 26.8 Å². The molecule has 0 aliphatic rings. The molecule has 0 saturated carbocycles. The Balaban J connectivity index is 2.26. The second kappa shape index (κ2) is 6.15. The normalized spacial score (nSPS) is 10.7. The summed E-state index contributed by atoms with van der Waals surface area (Å²) in [5, 5.41) is 4.88. The number of rotatable bonds is 5. The molecule has 1 heterocycles. The highest BCUT2D eigenvalue weighted by Crippen LogP contribution is 2.32. The van der Waals surface area contributed by atoms with Gasteiger partial charge in [0.25, 0.3) is 0 Å². The van der Waals surface area contributed by atoms with Crippen LogP contribution in [0.25, 0.3) is 0 Å². The maximum Gasteiger partial charge on any atom is 0.166 e. The number of halogens is 1. The molecule has 0 saturated heterocycles. The Kier molecular flexibility index (Phi) is 4.52. The SMILES string of the molecule is COc1cccc(CN)c1OCc1c(Cl)c(C)nn1C. The number of hydrogen-bond donors (Lipinski definition) is 1. The van der Waals surface area contributed by atoms with Gasteiger partial charge in [0.1, 0.15) is 6.61 Å². The Morgan fingerprint density at radius 1 is 1.40 bits per heavy atom. The van der Waals surface area contributed by atoms with Crippen LogP contribution in [0.5, 0.6) is 11.5 Å². The first-order valence-corrected chi connectivity index (χ1v) is 6.63. The Bertz CT molecular complexity index is 588. The minimum atomic E-state index is 0.309. The van der Waals surface area contributed by atoms with Crippen LogP contribution in [0.3, 0.4) is 0 Å². The lowest BCUT2D eigenvalue weighted by atomic mass is 10.2. The number of benzene rings is 1. The molecule has 0 fully saturated rings. The van der Waals surface area contributed by atoms with E-state index in [1.165, 1.54) is 0 Å². The molecule has 0 radical (unpaired) electrons. The van der Waals surface area contributed by atoms with Crippen molar-refractivity contribution in [3.63, 3.8) is 0 Å². The van der Waals surface area contributed by atoms with Crippen LogP contribution in [0, 0.1) is 6.92 Å². The van der Waals surface area contributed by atoms with Crippen molar-refractivity contribution in [2.45, 2.75) is 20.1 Å². The summed E-state index contributed by atoms with van der Waals surface area (Å²) in [5.41, 5.74) is 8.22. The van der Waals surface area contributed by atoms with E-state index in [0.29, 0.717) is 29.7 Å². The maximum absolute atomic E-state index is 6.21. The second-order valence-electron chi connectivity index (χ2n) is 4.41. The number of aryl methyl sites for hydroxylation is 2. The molecule has 0 spiro atoms. The molecule has 20 heavy (non-hydrogen) atoms. The number of ether oxygens (including phenoxy) is 2. The van der Waals surface area contributed by atoms with E-state index in [1.807, 2.05) is 32.2 Å². The van der Waals surface area contributed by atoms with Gasteiger partial charge in [0.2, 0.25) is 0 Å². The Hall–Kier alpha value is -1.72. The van der Waals surface area contributed by atoms with Gasteiger partial charge < -0.3 is 15.2 Å². The third-order valence-electron chi connectivity index (χ3n) is 3.12. The van der Waals surface area contributed by atoms with Gasteiger partial charge in [0, 0.05) is 19.2 Å². The number of nitrogens with zero attached hydrogens (tertiary/aromatic N) is 2. The van der Waals surface area contributed by atoms with Crippen LogP contribution in [0.1, 0.15) is 17.0 Å². The summed E-state index contributed by atoms with van der Waals surface area (Å²) >= 11 is 6.21. The molecule has 2 rings (SSSR count). The fourth-order valence-electron chi connectivity index (χ4n) is 2.02. The molecular formula is C14H18ClN3O2. The van der Waals surface area contributed by atoms with Crippen LogP contribution in [-0.2, 0) is 20.2 Å². The largest absolute Gasteiger partial charge is 0.493 e. The third kappa shape index (κ3) is 2.73. The standard InChI is InChI=1S/C14H18ClN3O2/c1-9-13(15)11(18(2)17-9)8-20-14-10(7-16)5-4-6-12(14)19-3/h4-6H,7-8,16H2,1-3H3. The topological polar surface area (TPSA) is 62.3 Å². The average molecular weight is 296 g/mol. The first kappa shape index (κ1) is 14.7. The average Bonchev–Trinajstić information content (AvgIpc) is 2.69. The van der Waals surface area contributed by atoms with E-state index in [0.717, 1.165) is 17.0 Å². The van der Waals surface area contributed by atoms with Crippen molar-refractivity contribution >= 4 is 11.6 Å². The van der Waals surface area contributed by atoms with Crippen molar-refractivity contribution in [1.82, 2.24) is 9.78 Å². The lowest BCUT2D eigenvalue weighted by Gasteiger charge is -2.14. The third-order valence-corrected chi connectivity index (χ3v) is 3.61. The van der Waals surface area contributed by atoms with E-state index in [9.17, 15) is 0 Å². The van der Waals surface area contributed by atoms with Crippen LogP contribution in [-0.4, -0.2) is 16.9 Å². The minimum absolute atomic E-state index is 0.309. The monoisotopic (exact) mass is 295 g/mol. The van der Waals surface area contributed by atoms with Crippen molar-refractivity contribution in [1.29, 1.82) is 0 Å². The predicted octanol–water partition coefficient (Wildman–Crippen LogP) is 2.43. The molecular weight excluding hydrogens is 278 g/mol. The highest BCUT2D eigenvalue weighted by molar-refractivity contribution is 6.31. The first-order valence-electron chi connectivity index (χ1n) is 6.25. The lowest BCUT2D eigenvalue weighted by Crippen LogP contribution is -2.07. The summed E-state index contributed by atoms with van der Waals surface area (Å²) in [5.74, 6) is 1.30. The predicted molar refractivity (Wildman–Crippen MR) is 78.2 cm³/mol. The van der Waals surface area contributed by atoms with Crippen LogP contribution >= 0.6 is 11.6 Å². The Morgan fingerprint density at radius 2 is 2.15 bits per heavy atom. The number of aromatic nitrogens is 2. The zero-order valence-electron chi connectivity index (χ0n) is 11.8. The molecule has 2 N–H and O–H groups in total. The van der Waals surface area contributed by atoms with Crippen LogP contribution in [0.4, 0.5) is 0 Å². The van der Waals surface area contributed by atoms with Gasteiger partial charge in [-0.3, -0.25) is 4.68 Å². The van der Waals surface area contributed by atoms with Gasteiger partial charge in [-0.1, -0.05) is 23.7 Å². The van der Waals surface area contributed by atoms with Crippen LogP contribution in [0.2, 0.25) is 5.02 Å². The molecule has 0 amide bonds. The number of hydrogen-bond acceptors (Lipinski definition) is 4. The van der Waals surface area contributed by atoms with Crippen molar-refractivity contribution in [2.75, 3.05) is 7.11 Å². The van der Waals surface area contributed by atoms with Gasteiger partial charge in [-0.15, -0.1) is 0 Å². The summed E-state index contributed by atoms with van der Waals surface area (Å²) in [6.07, 6.45) is 0. The number of nitrogens with two attached hydrogens (primary N) is 1. The van der Waals surface area contributed by atoms with Gasteiger partial charge in [0.15, 0.2) is 11.5 Å². The summed E-state index contributed by atoms with van der Waals surface area (Å²) in [7, 11) is 3.44. The van der Waals surface area contributed by atoms with Crippen molar-refractivity contribution in [2.24, 2.45) is 12.8 Å². The van der Waals surface area contributed by atoms with Crippen LogP contribution in [0.15, 0.2) is 18.2 Å². The summed E-state index contributed by atoms with van der Waals surface area (Å²) < 4.78 is 12.9. The van der Waals surface area contributed by atoms with Crippen molar-refractivity contribution < 1.29 is 9.47 Å². The molecule has 0 unspecified atom stereocenters. The van der Waals surface area contributed by atoms with Gasteiger partial charge in [-0.2, -0.15) is 5.10 Å². The van der Waals surface area contributed by atoms with E-state index in [-0.39, 0.29) is 0 Å². The lowest BCUT2D eigenvalue weighted by molar-refractivity contribution is 0.273. The minimum Gasteiger partial charge on any atom is -0.493 e. The smallest absolute Gasteiger partial charge is 0.166 e. The van der Waals surface area contributed by atoms with Gasteiger partial charge in [-0.05, 0) is 13.0 Å². The zero-order valence-corrected chi connectivity index (χ0v) is 12.6. The summed E-state index contributed by atoms with van der Waals surface area (Å²) in [6, 6.07) is 5.63. The quantitative estimate of drug-likeness (QED) is 0.920. The molecule has 0 aliphatic carbocycles. The highest BCUT2D eigenvalue weighted by atomic mass is 35.5. The van der Waals surface area contributed by atoms with Gasteiger partial charge in [-0.25, -0.2) is 0 Å². The van der Waals surface area contributed by atoms with E-state index >= 15 is 0 Å². The molecule has 2 aromatic rings. The molecule has 1 aromatic heterocycles. The molecule has 108 valence electrons. The molecule has 1 aromatic carbocycles. The van der Waals surface area contributed by atoms with Crippen molar-refractivity contribution in [3.05, 3.63) is 40.2 Å². The molecule has 5 nitrogen and oxygen atoms in total. The second-order valence-corrected chi connectivity index (χ2v) is 4.79. The first-order chi connectivity index (χ1) is 9.58. The van der Waals surface area contributed by atoms with E-state index in [1.54, 1.807) is 11.8 Å². The van der Waals surface area contributed by atoms with Crippen LogP contribution < -0.4 is 15.2 Å². The maximum atomic E-state index is 6.21. The summed E-state index contributed by atoms with van der Waals surface area (Å²) in [6.45, 7) is 2.55. The van der Waals surface area contributed by atoms with E-state index in [2.05, 4.69) is 5.10 Å². The molecule has 0 aliphatic heterocycles. The van der Waals surface area contributed by atoms with Gasteiger partial charge >= 0.3 is 0 Å². The Labute approximate surface area is 123 Å². The molecule has 0 atom stereocenters. The fraction of sp³-hybridized carbons (Fsp3) is 0.357. The van der Waals surface area contributed by atoms with Gasteiger partial charge in [0.05, 0.1) is 23.5 Å².